The molecule has 2 aromatic heterocycles. The van der Waals surface area contributed by atoms with Gasteiger partial charge in [0.05, 0.1) is 11.3 Å². The minimum atomic E-state index is -3.68. The molecule has 1 unspecified atom stereocenters. The van der Waals surface area contributed by atoms with Crippen LogP contribution in [0, 0.1) is 0 Å². The van der Waals surface area contributed by atoms with Gasteiger partial charge in [-0.2, -0.15) is 0 Å². The van der Waals surface area contributed by atoms with Crippen molar-refractivity contribution in [3.63, 3.8) is 0 Å². The lowest BCUT2D eigenvalue weighted by Gasteiger charge is -2.13. The number of furan rings is 1. The van der Waals surface area contributed by atoms with Crippen LogP contribution in [0.4, 0.5) is 5.82 Å². The number of nitrogens with zero attached hydrogens (tertiary/aromatic N) is 1. The van der Waals surface area contributed by atoms with Gasteiger partial charge in [-0.15, -0.1) is 0 Å². The topological polar surface area (TPSA) is 84.2 Å². The van der Waals surface area contributed by atoms with E-state index >= 15 is 0 Å². The molecule has 0 aliphatic heterocycles. The summed E-state index contributed by atoms with van der Waals surface area (Å²) in [5, 5.41) is 3.02. The van der Waals surface area contributed by atoms with Crippen LogP contribution in [0.1, 0.15) is 12.7 Å². The van der Waals surface area contributed by atoms with Crippen molar-refractivity contribution in [2.45, 2.75) is 24.3 Å². The number of hydrogen-bond donors (Lipinski definition) is 2. The molecule has 0 saturated carbocycles. The summed E-state index contributed by atoms with van der Waals surface area (Å²) < 4.78 is 32.3. The second kappa shape index (κ2) is 6.46. The monoisotopic (exact) mass is 329 g/mol. The third kappa shape index (κ3) is 3.96. The molecule has 6 nitrogen and oxygen atoms in total. The zero-order valence-corrected chi connectivity index (χ0v) is 13.2. The summed E-state index contributed by atoms with van der Waals surface area (Å²) in [6, 6.07) is 4.60. The molecule has 0 aromatic carbocycles. The van der Waals surface area contributed by atoms with Crippen molar-refractivity contribution in [1.29, 1.82) is 0 Å². The molecule has 0 amide bonds. The third-order valence-corrected chi connectivity index (χ3v) is 4.65. The largest absolute Gasteiger partial charge is 0.469 e. The average molecular weight is 330 g/mol. The van der Waals surface area contributed by atoms with Crippen molar-refractivity contribution in [2.24, 2.45) is 0 Å². The number of rotatable bonds is 6. The van der Waals surface area contributed by atoms with Crippen LogP contribution in [0.2, 0.25) is 5.02 Å². The molecular formula is C13H16ClN3O3S. The maximum absolute atomic E-state index is 12.3. The molecule has 0 aliphatic rings. The van der Waals surface area contributed by atoms with E-state index in [1.807, 2.05) is 0 Å². The molecule has 2 heterocycles. The van der Waals surface area contributed by atoms with E-state index in [2.05, 4.69) is 15.0 Å². The maximum atomic E-state index is 12.3. The van der Waals surface area contributed by atoms with Crippen LogP contribution in [0.15, 0.2) is 40.0 Å². The van der Waals surface area contributed by atoms with Crippen LogP contribution in [0.3, 0.4) is 0 Å². The summed E-state index contributed by atoms with van der Waals surface area (Å²) in [4.78, 5) is 3.99. The lowest BCUT2D eigenvalue weighted by Crippen LogP contribution is -2.34. The molecule has 0 bridgehead atoms. The first-order valence-electron chi connectivity index (χ1n) is 6.30. The average Bonchev–Trinajstić information content (AvgIpc) is 2.90. The summed E-state index contributed by atoms with van der Waals surface area (Å²) in [5.41, 5.74) is 0. The molecule has 0 radical (unpaired) electrons. The van der Waals surface area contributed by atoms with Crippen LogP contribution in [-0.2, 0) is 16.4 Å². The van der Waals surface area contributed by atoms with Crippen molar-refractivity contribution in [3.05, 3.63) is 41.4 Å². The van der Waals surface area contributed by atoms with Gasteiger partial charge in [0.2, 0.25) is 10.0 Å². The van der Waals surface area contributed by atoms with Crippen molar-refractivity contribution in [3.8, 4) is 0 Å². The zero-order chi connectivity index (χ0) is 15.5. The summed E-state index contributed by atoms with van der Waals surface area (Å²) in [5.74, 6) is 1.14. The predicted octanol–water partition coefficient (Wildman–Crippen LogP) is 2.28. The van der Waals surface area contributed by atoms with Crippen molar-refractivity contribution in [2.75, 3.05) is 12.4 Å². The lowest BCUT2D eigenvalue weighted by atomic mass is 10.2. The molecule has 21 heavy (non-hydrogen) atoms. The van der Waals surface area contributed by atoms with Gasteiger partial charge in [-0.05, 0) is 25.1 Å². The van der Waals surface area contributed by atoms with Crippen LogP contribution < -0.4 is 10.0 Å². The van der Waals surface area contributed by atoms with E-state index in [1.165, 1.54) is 12.3 Å². The van der Waals surface area contributed by atoms with Crippen LogP contribution in [0.25, 0.3) is 0 Å². The summed E-state index contributed by atoms with van der Waals surface area (Å²) in [6.45, 7) is 1.76. The molecular weight excluding hydrogens is 314 g/mol. The van der Waals surface area contributed by atoms with E-state index in [1.54, 1.807) is 32.4 Å². The highest BCUT2D eigenvalue weighted by molar-refractivity contribution is 7.89. The Kier molecular flexibility index (Phi) is 4.87. The summed E-state index contributed by atoms with van der Waals surface area (Å²) in [6.07, 6.45) is 3.28. The first-order chi connectivity index (χ1) is 9.92. The number of hydrogen-bond acceptors (Lipinski definition) is 5. The van der Waals surface area contributed by atoms with E-state index in [4.69, 9.17) is 16.0 Å². The Bertz CT molecular complexity index is 701. The second-order valence-electron chi connectivity index (χ2n) is 4.56. The quantitative estimate of drug-likeness (QED) is 0.849. The zero-order valence-electron chi connectivity index (χ0n) is 11.6. The van der Waals surface area contributed by atoms with Crippen molar-refractivity contribution >= 4 is 27.4 Å². The fourth-order valence-corrected chi connectivity index (χ4v) is 3.40. The van der Waals surface area contributed by atoms with Crippen LogP contribution in [-0.4, -0.2) is 26.5 Å². The van der Waals surface area contributed by atoms with E-state index in [0.717, 1.165) is 0 Å². The molecule has 1 atom stereocenters. The van der Waals surface area contributed by atoms with E-state index in [9.17, 15) is 8.42 Å². The molecule has 0 saturated heterocycles. The number of halogens is 1. The van der Waals surface area contributed by atoms with Gasteiger partial charge in [-0.3, -0.25) is 0 Å². The Morgan fingerprint density at radius 2 is 2.24 bits per heavy atom. The Morgan fingerprint density at radius 1 is 1.48 bits per heavy atom. The normalized spacial score (nSPS) is 13.1. The van der Waals surface area contributed by atoms with Gasteiger partial charge in [0, 0.05) is 25.7 Å². The number of nitrogens with one attached hydrogen (secondary N) is 2. The Morgan fingerprint density at radius 3 is 2.81 bits per heavy atom. The smallest absolute Gasteiger partial charge is 0.242 e. The molecule has 0 fully saturated rings. The van der Waals surface area contributed by atoms with Gasteiger partial charge in [0.25, 0.3) is 0 Å². The fraction of sp³-hybridized carbons (Fsp3) is 0.308. The molecule has 2 aromatic rings. The molecule has 0 aliphatic carbocycles. The molecule has 2 N–H and O–H groups in total. The lowest BCUT2D eigenvalue weighted by molar-refractivity contribution is 0.479. The Hall–Kier alpha value is -1.57. The number of aromatic nitrogens is 1. The highest BCUT2D eigenvalue weighted by atomic mass is 35.5. The van der Waals surface area contributed by atoms with Gasteiger partial charge >= 0.3 is 0 Å². The van der Waals surface area contributed by atoms with Crippen molar-refractivity contribution < 1.29 is 12.8 Å². The van der Waals surface area contributed by atoms with Crippen LogP contribution >= 0.6 is 11.6 Å². The highest BCUT2D eigenvalue weighted by Crippen LogP contribution is 2.22. The number of pyridine rings is 1. The van der Waals surface area contributed by atoms with Gasteiger partial charge in [0.1, 0.15) is 16.5 Å². The minimum absolute atomic E-state index is 0.0257. The Labute approximate surface area is 128 Å². The summed E-state index contributed by atoms with van der Waals surface area (Å²) in [7, 11) is -2.02. The van der Waals surface area contributed by atoms with Gasteiger partial charge in [-0.25, -0.2) is 18.1 Å². The van der Waals surface area contributed by atoms with Gasteiger partial charge in [0.15, 0.2) is 0 Å². The molecule has 2 rings (SSSR count). The van der Waals surface area contributed by atoms with Crippen LogP contribution in [0.5, 0.6) is 0 Å². The predicted molar refractivity (Wildman–Crippen MR) is 81.0 cm³/mol. The van der Waals surface area contributed by atoms with Gasteiger partial charge in [-0.1, -0.05) is 11.6 Å². The first-order valence-corrected chi connectivity index (χ1v) is 8.16. The van der Waals surface area contributed by atoms with E-state index < -0.39 is 10.0 Å². The molecule has 0 spiro atoms. The van der Waals surface area contributed by atoms with Crippen molar-refractivity contribution in [1.82, 2.24) is 9.71 Å². The Balaban J connectivity index is 2.12. The third-order valence-electron chi connectivity index (χ3n) is 2.81. The SMILES string of the molecule is CNc1ncc(S(=O)(=O)NC(C)Cc2ccco2)cc1Cl. The first kappa shape index (κ1) is 15.8. The highest BCUT2D eigenvalue weighted by Gasteiger charge is 2.20. The number of anilines is 1. The van der Waals surface area contributed by atoms with E-state index in [-0.39, 0.29) is 16.0 Å². The number of sulfonamides is 1. The molecule has 114 valence electrons. The van der Waals surface area contributed by atoms with Gasteiger partial charge < -0.3 is 9.73 Å². The molecule has 8 heteroatoms. The standard InChI is InChI=1S/C13H16ClN3O3S/c1-9(6-10-4-3-5-20-10)17-21(18,19)11-7-12(14)13(15-2)16-8-11/h3-5,7-9,17H,6H2,1-2H3,(H,15,16). The minimum Gasteiger partial charge on any atom is -0.469 e. The second-order valence-corrected chi connectivity index (χ2v) is 6.68. The fourth-order valence-electron chi connectivity index (χ4n) is 1.86. The maximum Gasteiger partial charge on any atom is 0.242 e. The van der Waals surface area contributed by atoms with E-state index in [0.29, 0.717) is 18.0 Å². The summed E-state index contributed by atoms with van der Waals surface area (Å²) >= 11 is 5.96.